The minimum atomic E-state index is -1.10. The van der Waals surface area contributed by atoms with Gasteiger partial charge in [0.25, 0.3) is 5.91 Å². The maximum Gasteiger partial charge on any atom is 0.353 e. The zero-order valence-corrected chi connectivity index (χ0v) is 10.7. The number of carbonyl (C=O) groups is 2. The number of carboxylic acid groups (broad SMARTS) is 1. The summed E-state index contributed by atoms with van der Waals surface area (Å²) in [6, 6.07) is 0. The number of rotatable bonds is 2. The summed E-state index contributed by atoms with van der Waals surface area (Å²) in [6.07, 6.45) is 1.64. The molecule has 1 fully saturated rings. The summed E-state index contributed by atoms with van der Waals surface area (Å²) in [6.45, 7) is 0.536. The number of aromatic nitrogens is 2. The molecule has 1 atom stereocenters. The molecule has 0 aliphatic carbocycles. The third-order valence-corrected chi connectivity index (χ3v) is 4.37. The minimum absolute atomic E-state index is 0.0207. The van der Waals surface area contributed by atoms with Crippen LogP contribution in [0.25, 0.3) is 6.08 Å². The van der Waals surface area contributed by atoms with Gasteiger partial charge in [-0.25, -0.2) is 4.79 Å². The second-order valence-electron chi connectivity index (χ2n) is 4.41. The molecule has 0 radical (unpaired) electrons. The number of aromatic amines is 1. The number of nitrogens with one attached hydrogen (secondary N) is 2. The lowest BCUT2D eigenvalue weighted by Gasteiger charge is -2.36. The Labute approximate surface area is 116 Å². The summed E-state index contributed by atoms with van der Waals surface area (Å²) in [5.74, 6) is -0.824. The molecule has 8 nitrogen and oxygen atoms in total. The first kappa shape index (κ1) is 11.6. The minimum Gasteiger partial charge on any atom is -0.477 e. The molecule has 4 heterocycles. The maximum atomic E-state index is 12.0. The first-order valence-corrected chi connectivity index (χ1v) is 6.72. The van der Waals surface area contributed by atoms with Crippen molar-refractivity contribution in [2.75, 3.05) is 0 Å². The summed E-state index contributed by atoms with van der Waals surface area (Å²) in [7, 11) is 0. The van der Waals surface area contributed by atoms with Gasteiger partial charge in [-0.2, -0.15) is 10.6 Å². The highest BCUT2D eigenvalue weighted by atomic mass is 32.2. The van der Waals surface area contributed by atoms with Gasteiger partial charge in [0.2, 0.25) is 0 Å². The molecular formula is C11H8N4O4S. The molecular weight excluding hydrogens is 284 g/mol. The van der Waals surface area contributed by atoms with Crippen LogP contribution >= 0.6 is 11.8 Å². The molecule has 1 amide bonds. The average molecular weight is 292 g/mol. The van der Waals surface area contributed by atoms with Gasteiger partial charge in [0, 0.05) is 5.41 Å². The van der Waals surface area contributed by atoms with Crippen LogP contribution in [-0.2, 0) is 16.1 Å². The van der Waals surface area contributed by atoms with E-state index < -0.39 is 5.97 Å². The number of hydroxylamine groups is 1. The first-order valence-electron chi connectivity index (χ1n) is 5.78. The van der Waals surface area contributed by atoms with Gasteiger partial charge in [-0.1, -0.05) is 0 Å². The van der Waals surface area contributed by atoms with Crippen molar-refractivity contribution in [3.8, 4) is 5.75 Å². The van der Waals surface area contributed by atoms with Crippen LogP contribution in [0.3, 0.4) is 0 Å². The van der Waals surface area contributed by atoms with E-state index >= 15 is 0 Å². The van der Waals surface area contributed by atoms with E-state index in [9.17, 15) is 9.59 Å². The van der Waals surface area contributed by atoms with Gasteiger partial charge in [0.05, 0.1) is 17.8 Å². The fourth-order valence-electron chi connectivity index (χ4n) is 2.31. The molecule has 0 spiro atoms. The zero-order valence-electron chi connectivity index (χ0n) is 9.91. The number of H-pyrrole nitrogens is 1. The van der Waals surface area contributed by atoms with Crippen LogP contribution in [0.4, 0.5) is 0 Å². The monoisotopic (exact) mass is 292 g/mol. The van der Waals surface area contributed by atoms with Crippen molar-refractivity contribution < 1.29 is 19.5 Å². The SMILES string of the molecule is O=C(O)C1=CS[C@@H]2C(=Cc3n[nH]c4c3ONC4)C(=O)N12. The van der Waals surface area contributed by atoms with Crippen molar-refractivity contribution in [1.29, 1.82) is 0 Å². The fourth-order valence-corrected chi connectivity index (χ4v) is 3.43. The van der Waals surface area contributed by atoms with Crippen LogP contribution in [0.15, 0.2) is 16.7 Å². The van der Waals surface area contributed by atoms with E-state index in [1.165, 1.54) is 22.1 Å². The van der Waals surface area contributed by atoms with E-state index in [2.05, 4.69) is 15.7 Å². The molecule has 0 bridgehead atoms. The lowest BCUT2D eigenvalue weighted by atomic mass is 10.0. The molecule has 0 unspecified atom stereocenters. The lowest BCUT2D eigenvalue weighted by molar-refractivity contribution is -0.141. The van der Waals surface area contributed by atoms with Crippen LogP contribution in [0.2, 0.25) is 0 Å². The molecule has 4 rings (SSSR count). The Morgan fingerprint density at radius 3 is 3.30 bits per heavy atom. The summed E-state index contributed by atoms with van der Waals surface area (Å²) < 4.78 is 0. The Kier molecular flexibility index (Phi) is 2.24. The van der Waals surface area contributed by atoms with Gasteiger partial charge in [-0.15, -0.1) is 11.8 Å². The molecule has 3 aliphatic rings. The van der Waals surface area contributed by atoms with Crippen LogP contribution in [0, 0.1) is 0 Å². The number of aliphatic carboxylic acids is 1. The Bertz CT molecular complexity index is 707. The highest BCUT2D eigenvalue weighted by Gasteiger charge is 2.49. The summed E-state index contributed by atoms with van der Waals surface area (Å²) in [5.41, 5.74) is 4.61. The van der Waals surface area contributed by atoms with Gasteiger partial charge >= 0.3 is 5.97 Å². The Balaban J connectivity index is 1.64. The van der Waals surface area contributed by atoms with Gasteiger partial charge in [-0.05, 0) is 6.08 Å². The number of amides is 1. The molecule has 20 heavy (non-hydrogen) atoms. The normalized spacial score (nSPS) is 25.1. The predicted molar refractivity (Wildman–Crippen MR) is 68.0 cm³/mol. The Morgan fingerprint density at radius 1 is 1.65 bits per heavy atom. The largest absolute Gasteiger partial charge is 0.477 e. The first-order chi connectivity index (χ1) is 9.66. The second-order valence-corrected chi connectivity index (χ2v) is 5.37. The number of thioether (sulfide) groups is 1. The number of carboxylic acids is 1. The van der Waals surface area contributed by atoms with Crippen molar-refractivity contribution in [2.24, 2.45) is 0 Å². The Hall–Kier alpha value is -2.26. The smallest absolute Gasteiger partial charge is 0.353 e. The zero-order chi connectivity index (χ0) is 13.9. The number of hydrogen-bond donors (Lipinski definition) is 3. The van der Waals surface area contributed by atoms with Crippen LogP contribution < -0.4 is 10.3 Å². The molecule has 1 saturated heterocycles. The van der Waals surface area contributed by atoms with E-state index in [1.54, 1.807) is 6.08 Å². The number of hydrogen-bond acceptors (Lipinski definition) is 6. The molecule has 3 aliphatic heterocycles. The molecule has 102 valence electrons. The predicted octanol–water partition coefficient (Wildman–Crippen LogP) is 0.0312. The van der Waals surface area contributed by atoms with E-state index in [0.29, 0.717) is 23.6 Å². The molecule has 3 N–H and O–H groups in total. The van der Waals surface area contributed by atoms with Crippen molar-refractivity contribution in [1.82, 2.24) is 20.6 Å². The van der Waals surface area contributed by atoms with Gasteiger partial charge in [0.15, 0.2) is 5.75 Å². The van der Waals surface area contributed by atoms with Crippen LogP contribution in [0.1, 0.15) is 11.4 Å². The standard InChI is InChI=1S/C11H8N4O4S/c16-9-4(10-15(9)7(3-20-10)11(17)18)1-5-8-6(14-13-5)2-12-19-8/h1,3,10,12H,2H2,(H,13,14)(H,17,18)/t10-/m1/s1. The summed E-state index contributed by atoms with van der Waals surface area (Å²) in [4.78, 5) is 29.5. The topological polar surface area (TPSA) is 108 Å². The number of fused-ring (bicyclic) bond motifs is 2. The third-order valence-electron chi connectivity index (χ3n) is 3.29. The molecule has 9 heteroatoms. The quantitative estimate of drug-likeness (QED) is 0.521. The van der Waals surface area contributed by atoms with E-state index in [4.69, 9.17) is 9.94 Å². The average Bonchev–Trinajstić information content (AvgIpc) is 3.09. The number of carbonyl (C=O) groups excluding carboxylic acids is 1. The van der Waals surface area contributed by atoms with E-state index in [1.807, 2.05) is 0 Å². The van der Waals surface area contributed by atoms with Crippen molar-refractivity contribution >= 4 is 29.7 Å². The van der Waals surface area contributed by atoms with Crippen LogP contribution in [-0.4, -0.2) is 37.5 Å². The Morgan fingerprint density at radius 2 is 2.50 bits per heavy atom. The lowest BCUT2D eigenvalue weighted by Crippen LogP contribution is -2.51. The van der Waals surface area contributed by atoms with Gasteiger partial charge in [0.1, 0.15) is 16.8 Å². The fraction of sp³-hybridized carbons (Fsp3) is 0.182. The van der Waals surface area contributed by atoms with Crippen molar-refractivity contribution in [3.63, 3.8) is 0 Å². The van der Waals surface area contributed by atoms with Gasteiger partial charge < -0.3 is 9.94 Å². The second kappa shape index (κ2) is 3.87. The molecule has 1 aromatic rings. The van der Waals surface area contributed by atoms with Gasteiger partial charge in [-0.3, -0.25) is 14.8 Å². The summed E-state index contributed by atoms with van der Waals surface area (Å²) >= 11 is 1.30. The van der Waals surface area contributed by atoms with Crippen molar-refractivity contribution in [3.05, 3.63) is 28.1 Å². The van der Waals surface area contributed by atoms with Crippen molar-refractivity contribution in [2.45, 2.75) is 11.9 Å². The summed E-state index contributed by atoms with van der Waals surface area (Å²) in [5, 5.41) is 17.1. The molecule has 0 aromatic carbocycles. The number of nitrogens with zero attached hydrogens (tertiary/aromatic N) is 2. The molecule has 0 saturated carbocycles. The van der Waals surface area contributed by atoms with E-state index in [-0.39, 0.29) is 17.0 Å². The highest BCUT2D eigenvalue weighted by molar-refractivity contribution is 8.03. The highest BCUT2D eigenvalue weighted by Crippen LogP contribution is 2.45. The van der Waals surface area contributed by atoms with E-state index in [0.717, 1.165) is 5.69 Å². The number of β-lactam (4-membered cyclic amide) rings is 1. The van der Waals surface area contributed by atoms with Crippen LogP contribution in [0.5, 0.6) is 5.75 Å². The maximum absolute atomic E-state index is 12.0. The molecule has 1 aromatic heterocycles. The third kappa shape index (κ3) is 1.38.